The Hall–Kier alpha value is -3.51. The van der Waals surface area contributed by atoms with E-state index < -0.39 is 0 Å². The third kappa shape index (κ3) is 5.06. The van der Waals surface area contributed by atoms with Gasteiger partial charge in [0.1, 0.15) is 5.75 Å². The largest absolute Gasteiger partial charge is 0.497 e. The summed E-state index contributed by atoms with van der Waals surface area (Å²) in [7, 11) is 1.61. The van der Waals surface area contributed by atoms with Crippen LogP contribution in [0.25, 0.3) is 0 Å². The first-order valence-corrected chi connectivity index (χ1v) is 9.38. The second-order valence-corrected chi connectivity index (χ2v) is 6.88. The molecule has 0 aliphatic heterocycles. The Kier molecular flexibility index (Phi) is 6.36. The molecular formula is C23H21N3O2S. The summed E-state index contributed by atoms with van der Waals surface area (Å²) in [6, 6.07) is 22.3. The molecule has 3 aromatic carbocycles. The van der Waals surface area contributed by atoms with Crippen LogP contribution in [-0.2, 0) is 0 Å². The van der Waals surface area contributed by atoms with Crippen molar-refractivity contribution in [3.8, 4) is 5.75 Å². The molecule has 0 saturated carbocycles. The summed E-state index contributed by atoms with van der Waals surface area (Å²) < 4.78 is 5.22. The van der Waals surface area contributed by atoms with Crippen molar-refractivity contribution < 1.29 is 9.53 Å². The van der Waals surface area contributed by atoms with Crippen LogP contribution in [0.4, 0.5) is 0 Å². The topological polar surface area (TPSA) is 76.7 Å². The van der Waals surface area contributed by atoms with Gasteiger partial charge in [0.2, 0.25) is 0 Å². The fraction of sp³-hybridized carbons (Fsp3) is 0.0870. The van der Waals surface area contributed by atoms with E-state index in [2.05, 4.69) is 10.5 Å². The molecule has 0 unspecified atom stereocenters. The zero-order valence-electron chi connectivity index (χ0n) is 16.2. The van der Waals surface area contributed by atoms with Gasteiger partial charge in [-0.3, -0.25) is 10.2 Å². The van der Waals surface area contributed by atoms with E-state index in [-0.39, 0.29) is 10.9 Å². The van der Waals surface area contributed by atoms with Crippen molar-refractivity contribution in [2.24, 2.45) is 10.8 Å². The van der Waals surface area contributed by atoms with Gasteiger partial charge in [0.25, 0.3) is 0 Å². The lowest BCUT2D eigenvalue weighted by Gasteiger charge is -2.10. The van der Waals surface area contributed by atoms with Crippen LogP contribution in [0.3, 0.4) is 0 Å². The normalized spacial score (nSPS) is 11.0. The Morgan fingerprint density at radius 2 is 1.55 bits per heavy atom. The molecule has 5 nitrogen and oxygen atoms in total. The molecule has 0 spiro atoms. The number of carbonyl (C=O) groups is 1. The molecule has 29 heavy (non-hydrogen) atoms. The van der Waals surface area contributed by atoms with Crippen molar-refractivity contribution >= 4 is 28.8 Å². The second-order valence-electron chi connectivity index (χ2n) is 6.44. The van der Waals surface area contributed by atoms with E-state index in [0.29, 0.717) is 16.8 Å². The van der Waals surface area contributed by atoms with Gasteiger partial charge in [-0.1, -0.05) is 48.0 Å². The van der Waals surface area contributed by atoms with Gasteiger partial charge in [0.05, 0.1) is 12.8 Å². The maximum atomic E-state index is 12.9. The molecule has 3 rings (SSSR count). The number of carbonyl (C=O) groups excluding carboxylic acids is 1. The molecule has 3 N–H and O–H groups in total. The summed E-state index contributed by atoms with van der Waals surface area (Å²) >= 11 is 4.88. The summed E-state index contributed by atoms with van der Waals surface area (Å²) in [5.74, 6) is 0.682. The van der Waals surface area contributed by atoms with Crippen LogP contribution < -0.4 is 15.9 Å². The average molecular weight is 404 g/mol. The van der Waals surface area contributed by atoms with Crippen molar-refractivity contribution in [1.82, 2.24) is 5.43 Å². The predicted octanol–water partition coefficient (Wildman–Crippen LogP) is 3.82. The number of nitrogens with zero attached hydrogens (tertiary/aromatic N) is 1. The van der Waals surface area contributed by atoms with E-state index in [4.69, 9.17) is 22.7 Å². The van der Waals surface area contributed by atoms with E-state index in [0.717, 1.165) is 22.4 Å². The molecule has 0 heterocycles. The molecule has 0 aromatic heterocycles. The first-order chi connectivity index (χ1) is 14.0. The van der Waals surface area contributed by atoms with Gasteiger partial charge in [-0.15, -0.1) is 0 Å². The maximum absolute atomic E-state index is 12.9. The lowest BCUT2D eigenvalue weighted by molar-refractivity contribution is 0.103. The van der Waals surface area contributed by atoms with Crippen molar-refractivity contribution in [1.29, 1.82) is 0 Å². The first kappa shape index (κ1) is 20.2. The number of hydrogen-bond donors (Lipinski definition) is 2. The number of nitrogens with one attached hydrogen (secondary N) is 1. The molecule has 0 fully saturated rings. The Morgan fingerprint density at radius 3 is 2.17 bits per heavy atom. The minimum Gasteiger partial charge on any atom is -0.497 e. The molecule has 0 aliphatic rings. The Balaban J connectivity index is 2.00. The van der Waals surface area contributed by atoms with E-state index in [1.165, 1.54) is 0 Å². The average Bonchev–Trinajstić information content (AvgIpc) is 2.74. The maximum Gasteiger partial charge on any atom is 0.193 e. The summed E-state index contributed by atoms with van der Waals surface area (Å²) in [6.07, 6.45) is 0. The summed E-state index contributed by atoms with van der Waals surface area (Å²) in [6.45, 7) is 1.99. The number of nitrogens with two attached hydrogens (primary N) is 1. The highest BCUT2D eigenvalue weighted by Crippen LogP contribution is 2.18. The molecule has 0 saturated heterocycles. The van der Waals surface area contributed by atoms with Gasteiger partial charge in [-0.05, 0) is 49.5 Å². The van der Waals surface area contributed by atoms with Crippen LogP contribution in [0.15, 0.2) is 77.9 Å². The zero-order chi connectivity index (χ0) is 20.8. The lowest BCUT2D eigenvalue weighted by Crippen LogP contribution is -2.26. The van der Waals surface area contributed by atoms with Gasteiger partial charge >= 0.3 is 0 Å². The number of rotatable bonds is 6. The second kappa shape index (κ2) is 9.12. The minimum atomic E-state index is -0.0526. The third-order valence-corrected chi connectivity index (χ3v) is 4.44. The summed E-state index contributed by atoms with van der Waals surface area (Å²) in [5.41, 5.74) is 12.7. The summed E-state index contributed by atoms with van der Waals surface area (Å²) in [5, 5.41) is 4.41. The van der Waals surface area contributed by atoms with Crippen molar-refractivity contribution in [2.45, 2.75) is 6.92 Å². The van der Waals surface area contributed by atoms with Crippen molar-refractivity contribution in [2.75, 3.05) is 7.11 Å². The van der Waals surface area contributed by atoms with Crippen LogP contribution >= 0.6 is 12.2 Å². The van der Waals surface area contributed by atoms with Crippen LogP contribution in [0.5, 0.6) is 5.75 Å². The van der Waals surface area contributed by atoms with Crippen LogP contribution in [0, 0.1) is 6.92 Å². The molecule has 0 amide bonds. The molecule has 3 aromatic rings. The van der Waals surface area contributed by atoms with Crippen molar-refractivity contribution in [3.63, 3.8) is 0 Å². The van der Waals surface area contributed by atoms with E-state index >= 15 is 0 Å². The SMILES string of the molecule is COc1ccc(C(=NNC(N)=S)c2cccc(C(=O)c3ccc(C)cc3)c2)cc1. The predicted molar refractivity (Wildman–Crippen MR) is 120 cm³/mol. The van der Waals surface area contributed by atoms with Gasteiger partial charge in [0.15, 0.2) is 10.9 Å². The first-order valence-electron chi connectivity index (χ1n) is 8.97. The zero-order valence-corrected chi connectivity index (χ0v) is 17.0. The molecule has 146 valence electrons. The monoisotopic (exact) mass is 403 g/mol. The third-order valence-electron chi connectivity index (χ3n) is 4.35. The van der Waals surface area contributed by atoms with Gasteiger partial charge in [0, 0.05) is 22.3 Å². The fourth-order valence-corrected chi connectivity index (χ4v) is 2.88. The number of methoxy groups -OCH3 is 1. The fourth-order valence-electron chi connectivity index (χ4n) is 2.83. The highest BCUT2D eigenvalue weighted by Gasteiger charge is 2.13. The molecule has 0 bridgehead atoms. The highest BCUT2D eigenvalue weighted by molar-refractivity contribution is 7.80. The quantitative estimate of drug-likeness (QED) is 0.283. The highest BCUT2D eigenvalue weighted by atomic mass is 32.1. The number of aryl methyl sites for hydroxylation is 1. The standard InChI is InChI=1S/C23H21N3O2S/c1-15-6-8-17(9-7-15)22(27)19-5-3-4-18(14-19)21(25-26-23(24)29)16-10-12-20(28-2)13-11-16/h3-14H,1-2H3,(H3,24,26,29). The number of ketones is 1. The Bertz CT molecular complexity index is 1060. The molecule has 0 radical (unpaired) electrons. The smallest absolute Gasteiger partial charge is 0.193 e. The van der Waals surface area contributed by atoms with E-state index in [1.807, 2.05) is 73.7 Å². The van der Waals surface area contributed by atoms with Crippen LogP contribution in [-0.4, -0.2) is 23.7 Å². The van der Waals surface area contributed by atoms with Crippen LogP contribution in [0.2, 0.25) is 0 Å². The number of thiocarbonyl (C=S) groups is 1. The number of benzene rings is 3. The van der Waals surface area contributed by atoms with Gasteiger partial charge < -0.3 is 10.5 Å². The lowest BCUT2D eigenvalue weighted by atomic mass is 9.96. The Morgan fingerprint density at radius 1 is 0.931 bits per heavy atom. The van der Waals surface area contributed by atoms with Crippen LogP contribution in [0.1, 0.15) is 32.6 Å². The number of hydrogen-bond acceptors (Lipinski definition) is 4. The number of ether oxygens (including phenoxy) is 1. The van der Waals surface area contributed by atoms with E-state index in [9.17, 15) is 4.79 Å². The molecule has 0 atom stereocenters. The van der Waals surface area contributed by atoms with E-state index in [1.54, 1.807) is 13.2 Å². The molecular weight excluding hydrogens is 382 g/mol. The Labute approximate surface area is 175 Å². The number of hydrazone groups is 1. The van der Waals surface area contributed by atoms with Gasteiger partial charge in [-0.25, -0.2) is 0 Å². The molecule has 0 aliphatic carbocycles. The van der Waals surface area contributed by atoms with Gasteiger partial charge in [-0.2, -0.15) is 5.10 Å². The molecule has 6 heteroatoms. The minimum absolute atomic E-state index is 0.0526. The summed E-state index contributed by atoms with van der Waals surface area (Å²) in [4.78, 5) is 12.9. The van der Waals surface area contributed by atoms with Crippen molar-refractivity contribution in [3.05, 3.63) is 101 Å².